The second-order valence-electron chi connectivity index (χ2n) is 12.5. The summed E-state index contributed by atoms with van der Waals surface area (Å²) in [5, 5.41) is 8.25. The summed E-state index contributed by atoms with van der Waals surface area (Å²) >= 11 is 0. The van der Waals surface area contributed by atoms with E-state index in [0.717, 1.165) is 26.2 Å². The van der Waals surface area contributed by atoms with Gasteiger partial charge in [0, 0.05) is 11.1 Å². The van der Waals surface area contributed by atoms with Gasteiger partial charge in [-0.25, -0.2) is 0 Å². The van der Waals surface area contributed by atoms with E-state index in [1.165, 1.54) is 30.1 Å². The smallest absolute Gasteiger partial charge is 0.0147 e. The van der Waals surface area contributed by atoms with Crippen molar-refractivity contribution in [3.05, 3.63) is 53.6 Å². The second-order valence-corrected chi connectivity index (χ2v) is 17.3. The van der Waals surface area contributed by atoms with Crippen molar-refractivity contribution < 1.29 is 0 Å². The van der Waals surface area contributed by atoms with Gasteiger partial charge in [-0.2, -0.15) is 0 Å². The molecule has 1 aromatic carbocycles. The maximum absolute atomic E-state index is 3.70. The molecule has 2 fully saturated rings. The topological polar surface area (TPSA) is 24.1 Å². The summed E-state index contributed by atoms with van der Waals surface area (Å²) in [6.45, 7) is 19.5. The molecular formula is C29H46N2P2. The van der Waals surface area contributed by atoms with Gasteiger partial charge in [0.2, 0.25) is 0 Å². The molecule has 1 aliphatic carbocycles. The Labute approximate surface area is 206 Å². The van der Waals surface area contributed by atoms with Crippen LogP contribution in [0.1, 0.15) is 59.9 Å². The minimum absolute atomic E-state index is 0.166. The third-order valence-electron chi connectivity index (χ3n) is 8.17. The molecule has 0 amide bonds. The van der Waals surface area contributed by atoms with E-state index in [1.54, 1.807) is 5.57 Å². The Bertz CT molecular complexity index is 833. The van der Waals surface area contributed by atoms with Gasteiger partial charge in [-0.15, -0.1) is 9.24 Å². The van der Waals surface area contributed by atoms with Gasteiger partial charge in [-0.05, 0) is 78.5 Å². The highest BCUT2D eigenvalue weighted by Gasteiger charge is 2.50. The first-order chi connectivity index (χ1) is 15.5. The summed E-state index contributed by atoms with van der Waals surface area (Å²) in [5.41, 5.74) is 4.52. The van der Waals surface area contributed by atoms with Gasteiger partial charge in [-0.3, -0.25) is 0 Å². The van der Waals surface area contributed by atoms with E-state index in [2.05, 4.69) is 104 Å². The largest absolute Gasteiger partial charge is 0.316 e. The van der Waals surface area contributed by atoms with Gasteiger partial charge in [-0.1, -0.05) is 97.5 Å². The molecule has 182 valence electrons. The van der Waals surface area contributed by atoms with Crippen LogP contribution in [-0.4, -0.2) is 47.8 Å². The molecule has 3 aliphatic rings. The average molecular weight is 485 g/mol. The molecule has 4 atom stereocenters. The van der Waals surface area contributed by atoms with Crippen molar-refractivity contribution in [3.63, 3.8) is 0 Å². The van der Waals surface area contributed by atoms with Crippen LogP contribution in [0.2, 0.25) is 0 Å². The van der Waals surface area contributed by atoms with Crippen LogP contribution < -0.4 is 10.6 Å². The molecule has 0 bridgehead atoms. The number of rotatable bonds is 6. The quantitative estimate of drug-likeness (QED) is 0.448. The lowest BCUT2D eigenvalue weighted by atomic mass is 9.71. The summed E-state index contributed by atoms with van der Waals surface area (Å²) < 4.78 is 0. The van der Waals surface area contributed by atoms with E-state index in [4.69, 9.17) is 0 Å². The zero-order valence-corrected chi connectivity index (χ0v) is 23.8. The van der Waals surface area contributed by atoms with Crippen molar-refractivity contribution in [1.82, 2.24) is 10.6 Å². The molecule has 2 N–H and O–H groups in total. The summed E-state index contributed by atoms with van der Waals surface area (Å²) in [6.07, 6.45) is 9.13. The third kappa shape index (κ3) is 5.35. The molecule has 2 nitrogen and oxygen atoms in total. The summed E-state index contributed by atoms with van der Waals surface area (Å²) in [7, 11) is 3.31. The fraction of sp³-hybridized carbons (Fsp3) is 0.655. The minimum Gasteiger partial charge on any atom is -0.316 e. The summed E-state index contributed by atoms with van der Waals surface area (Å²) in [6, 6.07) is 11.1. The number of hydrogen-bond acceptors (Lipinski definition) is 2. The lowest BCUT2D eigenvalue weighted by Gasteiger charge is -2.47. The zero-order chi connectivity index (χ0) is 23.9. The standard InChI is InChI=1S/C29H46N2P2/c1-27(2,3)33(28(4,5)6)20-23-16-22(21-10-8-7-9-11-21)17-26(23)29(32,24-12-14-30-18-24)25-13-15-31-19-25/h7-11,16-17,23-25,30-31H,12-15,18-20,32H2,1-6H3. The van der Waals surface area contributed by atoms with Gasteiger partial charge in [0.25, 0.3) is 0 Å². The predicted octanol–water partition coefficient (Wildman–Crippen LogP) is 6.54. The van der Waals surface area contributed by atoms with E-state index in [9.17, 15) is 0 Å². The van der Waals surface area contributed by atoms with E-state index in [-0.39, 0.29) is 13.1 Å². The monoisotopic (exact) mass is 484 g/mol. The van der Waals surface area contributed by atoms with Gasteiger partial charge in [0.05, 0.1) is 0 Å². The zero-order valence-electron chi connectivity index (χ0n) is 21.7. The number of allylic oxidation sites excluding steroid dienone is 4. The Hall–Kier alpha value is -0.520. The van der Waals surface area contributed by atoms with Crippen molar-refractivity contribution in [2.75, 3.05) is 32.3 Å². The molecular weight excluding hydrogens is 438 g/mol. The van der Waals surface area contributed by atoms with E-state index in [0.29, 0.717) is 28.1 Å². The molecule has 0 saturated carbocycles. The van der Waals surface area contributed by atoms with E-state index >= 15 is 0 Å². The van der Waals surface area contributed by atoms with Gasteiger partial charge in [0.15, 0.2) is 0 Å². The van der Waals surface area contributed by atoms with Gasteiger partial charge >= 0.3 is 0 Å². The van der Waals surface area contributed by atoms with E-state index < -0.39 is 0 Å². The molecule has 0 spiro atoms. The lowest BCUT2D eigenvalue weighted by Crippen LogP contribution is -2.45. The van der Waals surface area contributed by atoms with Crippen LogP contribution in [0, 0.1) is 17.8 Å². The Morgan fingerprint density at radius 3 is 1.88 bits per heavy atom. The van der Waals surface area contributed by atoms with Crippen LogP contribution in [-0.2, 0) is 0 Å². The maximum atomic E-state index is 3.70. The van der Waals surface area contributed by atoms with Gasteiger partial charge in [0.1, 0.15) is 0 Å². The van der Waals surface area contributed by atoms with Crippen molar-refractivity contribution in [1.29, 1.82) is 0 Å². The fourth-order valence-electron chi connectivity index (χ4n) is 6.72. The van der Waals surface area contributed by atoms with Crippen molar-refractivity contribution >= 4 is 22.7 Å². The molecule has 0 aromatic heterocycles. The first-order valence-electron chi connectivity index (χ1n) is 13.0. The first kappa shape index (κ1) is 25.6. The number of benzene rings is 1. The Kier molecular flexibility index (Phi) is 7.63. The first-order valence-corrected chi connectivity index (χ1v) is 15.1. The van der Waals surface area contributed by atoms with Crippen LogP contribution in [0.15, 0.2) is 48.1 Å². The Balaban J connectivity index is 1.78. The molecule has 2 heterocycles. The molecule has 0 radical (unpaired) electrons. The molecule has 4 rings (SSSR count). The van der Waals surface area contributed by atoms with E-state index in [1.807, 2.05) is 0 Å². The fourth-order valence-corrected chi connectivity index (χ4v) is 11.4. The Morgan fingerprint density at radius 1 is 0.879 bits per heavy atom. The number of nitrogens with one attached hydrogen (secondary N) is 2. The predicted molar refractivity (Wildman–Crippen MR) is 152 cm³/mol. The van der Waals surface area contributed by atoms with Crippen LogP contribution >= 0.6 is 17.2 Å². The SMILES string of the molecule is CC(C)(C)P(CC1C=C(c2ccccc2)C=C1C(P)(C1CCNC1)C1CCNC1)C(C)(C)C. The molecule has 2 saturated heterocycles. The van der Waals surface area contributed by atoms with Crippen LogP contribution in [0.3, 0.4) is 0 Å². The highest BCUT2D eigenvalue weighted by Crippen LogP contribution is 2.63. The lowest BCUT2D eigenvalue weighted by molar-refractivity contribution is 0.324. The molecule has 4 heteroatoms. The van der Waals surface area contributed by atoms with Crippen LogP contribution in [0.5, 0.6) is 0 Å². The third-order valence-corrected chi connectivity index (χ3v) is 13.4. The highest BCUT2D eigenvalue weighted by molar-refractivity contribution is 7.60. The average Bonchev–Trinajstić information content (AvgIpc) is 3.52. The van der Waals surface area contributed by atoms with Crippen LogP contribution in [0.4, 0.5) is 0 Å². The molecule has 1 aromatic rings. The van der Waals surface area contributed by atoms with Crippen LogP contribution in [0.25, 0.3) is 5.57 Å². The summed E-state index contributed by atoms with van der Waals surface area (Å²) in [5.74, 6) is 1.92. The number of hydrogen-bond donors (Lipinski definition) is 2. The van der Waals surface area contributed by atoms with Gasteiger partial charge < -0.3 is 10.6 Å². The normalized spacial score (nSPS) is 28.2. The highest BCUT2D eigenvalue weighted by atomic mass is 31.1. The van der Waals surface area contributed by atoms with Crippen molar-refractivity contribution in [3.8, 4) is 0 Å². The minimum atomic E-state index is -0.166. The summed E-state index contributed by atoms with van der Waals surface area (Å²) in [4.78, 5) is 0. The molecule has 2 aliphatic heterocycles. The molecule has 33 heavy (non-hydrogen) atoms. The Morgan fingerprint density at radius 2 is 1.42 bits per heavy atom. The second kappa shape index (κ2) is 9.85. The van der Waals surface area contributed by atoms with Crippen molar-refractivity contribution in [2.24, 2.45) is 17.8 Å². The van der Waals surface area contributed by atoms with Crippen molar-refractivity contribution in [2.45, 2.75) is 69.9 Å². The molecule has 4 unspecified atom stereocenters. The maximum Gasteiger partial charge on any atom is 0.0147 e.